The van der Waals surface area contributed by atoms with Crippen molar-refractivity contribution < 1.29 is 14.3 Å². The van der Waals surface area contributed by atoms with Crippen LogP contribution in [0.2, 0.25) is 0 Å². The van der Waals surface area contributed by atoms with E-state index in [1.54, 1.807) is 11.3 Å². The Morgan fingerprint density at radius 1 is 1.16 bits per heavy atom. The predicted octanol–water partition coefficient (Wildman–Crippen LogP) is 5.13. The Balaban J connectivity index is 1.78. The highest BCUT2D eigenvalue weighted by Gasteiger charge is 2.41. The van der Waals surface area contributed by atoms with Gasteiger partial charge in [-0.25, -0.2) is 4.79 Å². The number of methoxy groups -OCH3 is 1. The first-order valence-electron chi connectivity index (χ1n) is 11.2. The largest absolute Gasteiger partial charge is 0.466 e. The molecule has 1 N–H and O–H groups in total. The van der Waals surface area contributed by atoms with Gasteiger partial charge in [-0.3, -0.25) is 4.79 Å². The number of hydrogen-bond acceptors (Lipinski definition) is 6. The lowest BCUT2D eigenvalue weighted by molar-refractivity contribution is -0.136. The van der Waals surface area contributed by atoms with E-state index in [1.165, 1.54) is 12.0 Å². The number of ether oxygens (including phenoxy) is 1. The van der Waals surface area contributed by atoms with E-state index < -0.39 is 11.9 Å². The zero-order valence-electron chi connectivity index (χ0n) is 19.1. The summed E-state index contributed by atoms with van der Waals surface area (Å²) < 4.78 is 5.13. The van der Waals surface area contributed by atoms with Crippen molar-refractivity contribution in [3.63, 3.8) is 0 Å². The molecule has 0 saturated carbocycles. The number of ketones is 1. The van der Waals surface area contributed by atoms with Gasteiger partial charge in [0.2, 0.25) is 0 Å². The first kappa shape index (κ1) is 22.3. The molecule has 1 aromatic heterocycles. The maximum atomic E-state index is 13.5. The van der Waals surface area contributed by atoms with Crippen molar-refractivity contribution in [3.05, 3.63) is 74.8 Å². The molecule has 2 aliphatic rings. The molecule has 0 saturated heterocycles. The van der Waals surface area contributed by atoms with Crippen molar-refractivity contribution in [2.75, 3.05) is 25.1 Å². The summed E-state index contributed by atoms with van der Waals surface area (Å²) in [7, 11) is 1.39. The molecular weight excluding hydrogens is 420 g/mol. The molecule has 5 nitrogen and oxygen atoms in total. The van der Waals surface area contributed by atoms with Gasteiger partial charge in [-0.2, -0.15) is 0 Å². The van der Waals surface area contributed by atoms with Crippen LogP contribution in [0, 0.1) is 0 Å². The zero-order valence-corrected chi connectivity index (χ0v) is 19.9. The highest BCUT2D eigenvalue weighted by molar-refractivity contribution is 7.10. The van der Waals surface area contributed by atoms with Crippen LogP contribution in [0.1, 0.15) is 55.9 Å². The quantitative estimate of drug-likeness (QED) is 0.619. The van der Waals surface area contributed by atoms with Crippen LogP contribution in [-0.4, -0.2) is 32.0 Å². The summed E-state index contributed by atoms with van der Waals surface area (Å²) in [4.78, 5) is 29.8. The second kappa shape index (κ2) is 9.33. The number of allylic oxidation sites excluding steroid dienone is 3. The fourth-order valence-corrected chi connectivity index (χ4v) is 5.77. The van der Waals surface area contributed by atoms with Crippen LogP contribution in [0.25, 0.3) is 0 Å². The number of carbonyl (C=O) groups is 2. The standard InChI is InChI=1S/C26H30N2O3S/c1-5-28(6-2)19-11-9-17(10-12-19)24-23(26(30)31-4)16(3)27-20-14-18(15-21(29)25(20)24)22-8-7-13-32-22/h7-13,18,24,27H,5-6,14-15H2,1-4H3/t18-,24-/m0/s1. The first-order valence-corrected chi connectivity index (χ1v) is 12.1. The molecular formula is C26H30N2O3S. The van der Waals surface area contributed by atoms with Crippen molar-refractivity contribution >= 4 is 28.8 Å². The monoisotopic (exact) mass is 450 g/mol. The first-order chi connectivity index (χ1) is 15.5. The summed E-state index contributed by atoms with van der Waals surface area (Å²) in [5.41, 5.74) is 4.99. The van der Waals surface area contributed by atoms with E-state index in [9.17, 15) is 9.59 Å². The SMILES string of the molecule is CCN(CC)c1ccc([C@H]2C(C(=O)OC)=C(C)NC3=C2C(=O)C[C@@H](c2cccs2)C3)cc1. The van der Waals surface area contributed by atoms with Crippen molar-refractivity contribution in [2.24, 2.45) is 0 Å². The molecule has 0 spiro atoms. The average Bonchev–Trinajstić information content (AvgIpc) is 3.34. The highest BCUT2D eigenvalue weighted by atomic mass is 32.1. The Kier molecular flexibility index (Phi) is 6.51. The smallest absolute Gasteiger partial charge is 0.336 e. The molecule has 1 aromatic carbocycles. The van der Waals surface area contributed by atoms with Gasteiger partial charge >= 0.3 is 5.97 Å². The van der Waals surface area contributed by atoms with Crippen LogP contribution in [0.3, 0.4) is 0 Å². The van der Waals surface area contributed by atoms with Gasteiger partial charge in [-0.15, -0.1) is 11.3 Å². The van der Waals surface area contributed by atoms with E-state index in [1.807, 2.05) is 25.1 Å². The lowest BCUT2D eigenvalue weighted by atomic mass is 9.72. The molecule has 168 valence electrons. The molecule has 0 radical (unpaired) electrons. The van der Waals surface area contributed by atoms with Crippen LogP contribution in [0.15, 0.2) is 64.3 Å². The molecule has 1 aliphatic carbocycles. The fraction of sp³-hybridized carbons (Fsp3) is 0.385. The average molecular weight is 451 g/mol. The van der Waals surface area contributed by atoms with E-state index in [0.717, 1.165) is 42.2 Å². The van der Waals surface area contributed by atoms with E-state index in [4.69, 9.17) is 4.74 Å². The second-order valence-corrected chi connectivity index (χ2v) is 9.27. The van der Waals surface area contributed by atoms with E-state index >= 15 is 0 Å². The van der Waals surface area contributed by atoms with Gasteiger partial charge in [0.25, 0.3) is 0 Å². The second-order valence-electron chi connectivity index (χ2n) is 8.29. The van der Waals surface area contributed by atoms with E-state index in [2.05, 4.69) is 47.6 Å². The minimum absolute atomic E-state index is 0.101. The third-order valence-corrected chi connectivity index (χ3v) is 7.57. The lowest BCUT2D eigenvalue weighted by Gasteiger charge is -2.36. The molecule has 2 atom stereocenters. The van der Waals surface area contributed by atoms with Gasteiger partial charge in [-0.1, -0.05) is 18.2 Å². The molecule has 2 heterocycles. The van der Waals surface area contributed by atoms with Gasteiger partial charge < -0.3 is 15.0 Å². The van der Waals surface area contributed by atoms with Crippen LogP contribution in [0.5, 0.6) is 0 Å². The Morgan fingerprint density at radius 3 is 2.47 bits per heavy atom. The summed E-state index contributed by atoms with van der Waals surface area (Å²) in [5, 5.41) is 5.44. The third-order valence-electron chi connectivity index (χ3n) is 6.53. The number of anilines is 1. The van der Waals surface area contributed by atoms with Gasteiger partial charge in [0.15, 0.2) is 5.78 Å². The van der Waals surface area contributed by atoms with Crippen LogP contribution in [-0.2, 0) is 14.3 Å². The Labute approximate surface area is 193 Å². The lowest BCUT2D eigenvalue weighted by Crippen LogP contribution is -2.35. The fourth-order valence-electron chi connectivity index (χ4n) is 4.94. The normalized spacial score (nSPS) is 20.7. The van der Waals surface area contributed by atoms with Crippen molar-refractivity contribution in [1.29, 1.82) is 0 Å². The number of hydrogen-bond donors (Lipinski definition) is 1. The van der Waals surface area contributed by atoms with E-state index in [-0.39, 0.29) is 11.7 Å². The highest BCUT2D eigenvalue weighted by Crippen LogP contribution is 2.46. The van der Waals surface area contributed by atoms with Crippen molar-refractivity contribution in [2.45, 2.75) is 45.4 Å². The molecule has 32 heavy (non-hydrogen) atoms. The van der Waals surface area contributed by atoms with Crippen LogP contribution >= 0.6 is 11.3 Å². The van der Waals surface area contributed by atoms with Gasteiger partial charge in [0.1, 0.15) is 0 Å². The topological polar surface area (TPSA) is 58.6 Å². The molecule has 0 fully saturated rings. The summed E-state index contributed by atoms with van der Waals surface area (Å²) in [6, 6.07) is 12.4. The molecule has 1 aliphatic heterocycles. The van der Waals surface area contributed by atoms with Gasteiger partial charge in [0.05, 0.1) is 12.7 Å². The number of nitrogens with zero attached hydrogens (tertiary/aromatic N) is 1. The Morgan fingerprint density at radius 2 is 1.88 bits per heavy atom. The van der Waals surface area contributed by atoms with E-state index in [0.29, 0.717) is 17.6 Å². The predicted molar refractivity (Wildman–Crippen MR) is 129 cm³/mol. The summed E-state index contributed by atoms with van der Waals surface area (Å²) in [6.07, 6.45) is 1.23. The number of thiophene rings is 1. The number of benzene rings is 1. The Hall–Kier alpha value is -2.86. The molecule has 0 unspecified atom stereocenters. The molecule has 4 rings (SSSR count). The van der Waals surface area contributed by atoms with Gasteiger partial charge in [0, 0.05) is 58.9 Å². The Bertz CT molecular complexity index is 1060. The minimum Gasteiger partial charge on any atom is -0.466 e. The number of carbonyl (C=O) groups excluding carboxylic acids is 2. The van der Waals surface area contributed by atoms with Crippen LogP contribution in [0.4, 0.5) is 5.69 Å². The van der Waals surface area contributed by atoms with Crippen molar-refractivity contribution in [1.82, 2.24) is 5.32 Å². The number of dihydropyridines is 1. The number of nitrogens with one attached hydrogen (secondary N) is 1. The number of Topliss-reactive ketones (excluding diaryl/α,β-unsaturated/α-hetero) is 1. The summed E-state index contributed by atoms with van der Waals surface area (Å²) in [5.74, 6) is -0.537. The minimum atomic E-state index is -0.416. The number of rotatable bonds is 6. The zero-order chi connectivity index (χ0) is 22.8. The van der Waals surface area contributed by atoms with Crippen molar-refractivity contribution in [3.8, 4) is 0 Å². The number of esters is 1. The maximum absolute atomic E-state index is 13.5. The van der Waals surface area contributed by atoms with Gasteiger partial charge in [-0.05, 0) is 56.3 Å². The molecule has 0 amide bonds. The molecule has 6 heteroatoms. The van der Waals surface area contributed by atoms with Crippen LogP contribution < -0.4 is 10.2 Å². The summed E-state index contributed by atoms with van der Waals surface area (Å²) >= 11 is 1.69. The molecule has 2 aromatic rings. The maximum Gasteiger partial charge on any atom is 0.336 e. The summed E-state index contributed by atoms with van der Waals surface area (Å²) in [6.45, 7) is 8.01. The molecule has 0 bridgehead atoms. The third kappa shape index (κ3) is 3.99.